The van der Waals surface area contributed by atoms with Crippen LogP contribution in [-0.4, -0.2) is 43.0 Å². The molecular formula is C13H16N2O3. The lowest BCUT2D eigenvalue weighted by atomic mass is 10.2. The number of carbonyl (C=O) groups is 2. The third kappa shape index (κ3) is 3.07. The van der Waals surface area contributed by atoms with Gasteiger partial charge in [-0.15, -0.1) is 0 Å². The average molecular weight is 248 g/mol. The van der Waals surface area contributed by atoms with Crippen LogP contribution in [0.1, 0.15) is 5.56 Å². The van der Waals surface area contributed by atoms with Gasteiger partial charge in [-0.3, -0.25) is 9.59 Å². The number of ether oxygens (including phenoxy) is 1. The quantitative estimate of drug-likeness (QED) is 0.825. The van der Waals surface area contributed by atoms with E-state index in [0.717, 1.165) is 5.56 Å². The van der Waals surface area contributed by atoms with Gasteiger partial charge < -0.3 is 15.0 Å². The minimum absolute atomic E-state index is 0.109. The maximum atomic E-state index is 11.7. The Hall–Kier alpha value is -1.88. The minimum Gasteiger partial charge on any atom is -0.374 e. The molecule has 5 nitrogen and oxygen atoms in total. The first kappa shape index (κ1) is 12.6. The Kier molecular flexibility index (Phi) is 3.94. The highest BCUT2D eigenvalue weighted by Crippen LogP contribution is 2.04. The van der Waals surface area contributed by atoms with E-state index in [1.54, 1.807) is 7.05 Å². The summed E-state index contributed by atoms with van der Waals surface area (Å²) in [7, 11) is 1.62. The van der Waals surface area contributed by atoms with E-state index in [0.29, 0.717) is 6.61 Å². The molecule has 1 aliphatic heterocycles. The molecule has 0 bridgehead atoms. The van der Waals surface area contributed by atoms with Crippen LogP contribution in [0.5, 0.6) is 0 Å². The van der Waals surface area contributed by atoms with Gasteiger partial charge in [-0.05, 0) is 5.56 Å². The van der Waals surface area contributed by atoms with E-state index >= 15 is 0 Å². The summed E-state index contributed by atoms with van der Waals surface area (Å²) < 4.78 is 5.46. The predicted molar refractivity (Wildman–Crippen MR) is 65.7 cm³/mol. The van der Waals surface area contributed by atoms with E-state index in [9.17, 15) is 9.59 Å². The fourth-order valence-corrected chi connectivity index (χ4v) is 1.84. The molecule has 0 aromatic heterocycles. The zero-order chi connectivity index (χ0) is 13.0. The van der Waals surface area contributed by atoms with Crippen LogP contribution in [0.4, 0.5) is 0 Å². The maximum absolute atomic E-state index is 11.7. The first-order valence-electron chi connectivity index (χ1n) is 5.83. The van der Waals surface area contributed by atoms with Crippen LogP contribution in [0, 0.1) is 0 Å². The Balaban J connectivity index is 1.82. The topological polar surface area (TPSA) is 58.6 Å². The Morgan fingerprint density at radius 1 is 1.33 bits per heavy atom. The molecule has 1 aliphatic rings. The SMILES string of the molecule is CN1CC(=O)NC(COCc2ccccc2)C1=O. The molecule has 1 aromatic carbocycles. The van der Waals surface area contributed by atoms with E-state index in [1.165, 1.54) is 4.90 Å². The van der Waals surface area contributed by atoms with Crippen molar-refractivity contribution in [2.24, 2.45) is 0 Å². The summed E-state index contributed by atoms with van der Waals surface area (Å²) in [6.07, 6.45) is 0. The van der Waals surface area contributed by atoms with Crippen molar-refractivity contribution in [1.29, 1.82) is 0 Å². The van der Waals surface area contributed by atoms with Crippen molar-refractivity contribution >= 4 is 11.8 Å². The van der Waals surface area contributed by atoms with E-state index in [1.807, 2.05) is 30.3 Å². The monoisotopic (exact) mass is 248 g/mol. The molecule has 18 heavy (non-hydrogen) atoms. The van der Waals surface area contributed by atoms with Crippen LogP contribution in [0.15, 0.2) is 30.3 Å². The van der Waals surface area contributed by atoms with Gasteiger partial charge in [-0.1, -0.05) is 30.3 Å². The second-order valence-corrected chi connectivity index (χ2v) is 4.32. The largest absolute Gasteiger partial charge is 0.374 e. The summed E-state index contributed by atoms with van der Waals surface area (Å²) in [4.78, 5) is 24.5. The smallest absolute Gasteiger partial charge is 0.247 e. The minimum atomic E-state index is -0.569. The third-order valence-corrected chi connectivity index (χ3v) is 2.79. The van der Waals surface area contributed by atoms with Gasteiger partial charge in [0.1, 0.15) is 6.04 Å². The van der Waals surface area contributed by atoms with Crippen molar-refractivity contribution in [1.82, 2.24) is 10.2 Å². The Bertz CT molecular complexity index is 433. The van der Waals surface area contributed by atoms with E-state index < -0.39 is 6.04 Å². The zero-order valence-corrected chi connectivity index (χ0v) is 10.3. The Morgan fingerprint density at radius 2 is 2.06 bits per heavy atom. The highest BCUT2D eigenvalue weighted by molar-refractivity contribution is 5.94. The van der Waals surface area contributed by atoms with Gasteiger partial charge >= 0.3 is 0 Å². The number of piperazine rings is 1. The van der Waals surface area contributed by atoms with Crippen molar-refractivity contribution in [2.45, 2.75) is 12.6 Å². The van der Waals surface area contributed by atoms with Crippen molar-refractivity contribution in [3.05, 3.63) is 35.9 Å². The maximum Gasteiger partial charge on any atom is 0.247 e. The second kappa shape index (κ2) is 5.64. The summed E-state index contributed by atoms with van der Waals surface area (Å²) in [6.45, 7) is 0.752. The molecule has 0 radical (unpaired) electrons. The number of amides is 2. The van der Waals surface area contributed by atoms with Gasteiger partial charge in [-0.2, -0.15) is 0 Å². The summed E-state index contributed by atoms with van der Waals surface area (Å²) in [5.41, 5.74) is 1.04. The number of hydrogen-bond acceptors (Lipinski definition) is 3. The number of nitrogens with zero attached hydrogens (tertiary/aromatic N) is 1. The zero-order valence-electron chi connectivity index (χ0n) is 10.3. The second-order valence-electron chi connectivity index (χ2n) is 4.32. The summed E-state index contributed by atoms with van der Waals surface area (Å²) in [5.74, 6) is -0.256. The lowest BCUT2D eigenvalue weighted by Gasteiger charge is -2.29. The van der Waals surface area contributed by atoms with Crippen LogP contribution in [0.3, 0.4) is 0 Å². The van der Waals surface area contributed by atoms with Crippen molar-refractivity contribution in [2.75, 3.05) is 20.2 Å². The molecule has 5 heteroatoms. The lowest BCUT2D eigenvalue weighted by Crippen LogP contribution is -2.58. The molecule has 2 amide bonds. The van der Waals surface area contributed by atoms with Crippen LogP contribution >= 0.6 is 0 Å². The van der Waals surface area contributed by atoms with Gasteiger partial charge in [0.05, 0.1) is 19.8 Å². The lowest BCUT2D eigenvalue weighted by molar-refractivity contribution is -0.144. The van der Waals surface area contributed by atoms with Crippen LogP contribution in [0.25, 0.3) is 0 Å². The summed E-state index contributed by atoms with van der Waals surface area (Å²) >= 11 is 0. The number of benzene rings is 1. The Morgan fingerprint density at radius 3 is 2.78 bits per heavy atom. The molecule has 1 N–H and O–H groups in total. The molecule has 2 rings (SSSR count). The van der Waals surface area contributed by atoms with Crippen LogP contribution in [0.2, 0.25) is 0 Å². The van der Waals surface area contributed by atoms with Crippen LogP contribution < -0.4 is 5.32 Å². The molecule has 1 saturated heterocycles. The van der Waals surface area contributed by atoms with Gasteiger partial charge in [0.15, 0.2) is 0 Å². The van der Waals surface area contributed by atoms with E-state index in [-0.39, 0.29) is 25.0 Å². The van der Waals surface area contributed by atoms with Gasteiger partial charge in [0, 0.05) is 7.05 Å². The molecule has 0 saturated carbocycles. The molecule has 1 heterocycles. The van der Waals surface area contributed by atoms with Crippen molar-refractivity contribution < 1.29 is 14.3 Å². The molecule has 1 fully saturated rings. The van der Waals surface area contributed by atoms with E-state index in [2.05, 4.69) is 5.32 Å². The fourth-order valence-electron chi connectivity index (χ4n) is 1.84. The standard InChI is InChI=1S/C13H16N2O3/c1-15-7-12(16)14-11(13(15)17)9-18-8-10-5-3-2-4-6-10/h2-6,11H,7-9H2,1H3,(H,14,16). The molecular weight excluding hydrogens is 232 g/mol. The first-order valence-corrected chi connectivity index (χ1v) is 5.83. The molecule has 1 atom stereocenters. The van der Waals surface area contributed by atoms with Crippen molar-refractivity contribution in [3.63, 3.8) is 0 Å². The van der Waals surface area contributed by atoms with Gasteiger partial charge in [-0.25, -0.2) is 0 Å². The number of rotatable bonds is 4. The molecule has 0 spiro atoms. The first-order chi connectivity index (χ1) is 8.66. The summed E-state index contributed by atoms with van der Waals surface area (Å²) in [6, 6.07) is 9.13. The highest BCUT2D eigenvalue weighted by Gasteiger charge is 2.30. The molecule has 96 valence electrons. The number of hydrogen-bond donors (Lipinski definition) is 1. The summed E-state index contributed by atoms with van der Waals surface area (Å²) in [5, 5.41) is 2.63. The average Bonchev–Trinajstić information content (AvgIpc) is 2.36. The van der Waals surface area contributed by atoms with Crippen LogP contribution in [-0.2, 0) is 20.9 Å². The number of nitrogens with one attached hydrogen (secondary N) is 1. The van der Waals surface area contributed by atoms with E-state index in [4.69, 9.17) is 4.74 Å². The van der Waals surface area contributed by atoms with Crippen molar-refractivity contribution in [3.8, 4) is 0 Å². The van der Waals surface area contributed by atoms with Gasteiger partial charge in [0.2, 0.25) is 11.8 Å². The normalized spacial score (nSPS) is 19.8. The number of carbonyl (C=O) groups excluding carboxylic acids is 2. The number of likely N-dealkylation sites (N-methyl/N-ethyl adjacent to an activating group) is 1. The molecule has 1 aromatic rings. The third-order valence-electron chi connectivity index (χ3n) is 2.79. The highest BCUT2D eigenvalue weighted by atomic mass is 16.5. The molecule has 0 aliphatic carbocycles. The molecule has 1 unspecified atom stereocenters. The fraction of sp³-hybridized carbons (Fsp3) is 0.385. The predicted octanol–water partition coefficient (Wildman–Crippen LogP) is 0.160. The Labute approximate surface area is 106 Å². The van der Waals surface area contributed by atoms with Gasteiger partial charge in [0.25, 0.3) is 0 Å².